The van der Waals surface area contributed by atoms with Gasteiger partial charge in [0.2, 0.25) is 17.5 Å². The van der Waals surface area contributed by atoms with E-state index in [4.69, 9.17) is 34.7 Å². The van der Waals surface area contributed by atoms with E-state index in [9.17, 15) is 29.5 Å². The van der Waals surface area contributed by atoms with Crippen LogP contribution in [-0.4, -0.2) is 75.5 Å². The first-order valence-corrected chi connectivity index (χ1v) is 13.5. The number of nitrogen functional groups attached to an aromatic ring is 1. The molecule has 1 aromatic carbocycles. The van der Waals surface area contributed by atoms with Crippen molar-refractivity contribution >= 4 is 25.9 Å². The summed E-state index contributed by atoms with van der Waals surface area (Å²) in [6.07, 6.45) is -4.53. The molecule has 1 fully saturated rings. The van der Waals surface area contributed by atoms with Crippen molar-refractivity contribution < 1.29 is 48.2 Å². The molecule has 6 atom stereocenters. The van der Waals surface area contributed by atoms with Crippen LogP contribution in [0.3, 0.4) is 0 Å². The molecule has 1 aliphatic heterocycles. The number of carbonyl (C=O) groups excluding carboxylic acids is 2. The Bertz CT molecular complexity index is 1420. The largest absolute Gasteiger partial charge is 0.575 e. The maximum Gasteiger partial charge on any atom is 0.395 e. The number of rotatable bonds is 13. The number of para-hydroxylation sites is 2. The summed E-state index contributed by atoms with van der Waals surface area (Å²) in [5.74, 6) is -2.01. The molecule has 226 valence electrons. The minimum Gasteiger partial charge on any atom is -0.575 e. The molecule has 1 aliphatic rings. The molecular weight excluding hydrogens is 581 g/mol. The van der Waals surface area contributed by atoms with Gasteiger partial charge >= 0.3 is 25.8 Å². The SMILES string of the molecule is CCOC(=O)C[C@H](N=[P+]([O-])Oc1ccccc1OC[C@@]1(N=[N+]=[N-])O[C@@H](n2ccc(N)nc2=O)[C@H](O)[C@@H]1O)C(=O)OCC. The van der Waals surface area contributed by atoms with Crippen molar-refractivity contribution in [3.63, 3.8) is 0 Å². The monoisotopic (exact) mass is 609 g/mol. The highest BCUT2D eigenvalue weighted by Gasteiger charge is 2.56. The number of esters is 2. The first-order valence-electron chi connectivity index (χ1n) is 12.4. The molecule has 3 rings (SSSR count). The summed E-state index contributed by atoms with van der Waals surface area (Å²) in [6, 6.07) is 5.50. The number of nitrogens with zero attached hydrogens (tertiary/aromatic N) is 6. The number of ether oxygens (including phenoxy) is 4. The number of azide groups is 1. The predicted octanol–water partition coefficient (Wildman–Crippen LogP) is 0.281. The van der Waals surface area contributed by atoms with Crippen LogP contribution in [0.2, 0.25) is 0 Å². The van der Waals surface area contributed by atoms with Crippen LogP contribution in [0.15, 0.2) is 51.2 Å². The van der Waals surface area contributed by atoms with Gasteiger partial charge in [0.05, 0.1) is 19.6 Å². The standard InChI is InChI=1S/C23H28N7O11P/c1-3-37-17(31)11-13(21(34)38-4-2)27-42(36)41-15-8-6-5-7-14(15)39-12-23(28-29-25)19(33)18(32)20(40-23)30-10-9-16(24)26-22(30)35/h5-10,13,18-20,32-33H,3-4,11-12H2,1-2H3,(H2,24,26,35)/t13-,18+,19-,20+,23+/m0/s1. The second kappa shape index (κ2) is 14.5. The number of aliphatic hydroxyl groups is 2. The lowest BCUT2D eigenvalue weighted by Crippen LogP contribution is -2.46. The van der Waals surface area contributed by atoms with Crippen LogP contribution in [0, 0.1) is 0 Å². The molecule has 18 nitrogen and oxygen atoms in total. The maximum atomic E-state index is 12.7. The van der Waals surface area contributed by atoms with Crippen LogP contribution < -0.4 is 25.6 Å². The maximum absolute atomic E-state index is 12.7. The van der Waals surface area contributed by atoms with Gasteiger partial charge in [0.25, 0.3) is 0 Å². The topological polar surface area (TPSA) is 266 Å². The Morgan fingerprint density at radius 2 is 1.95 bits per heavy atom. The second-order valence-electron chi connectivity index (χ2n) is 8.48. The molecule has 0 spiro atoms. The van der Waals surface area contributed by atoms with E-state index in [1.54, 1.807) is 13.8 Å². The summed E-state index contributed by atoms with van der Waals surface area (Å²) in [7, 11) is -2.97. The second-order valence-corrected chi connectivity index (χ2v) is 9.37. The van der Waals surface area contributed by atoms with Gasteiger partial charge in [-0.1, -0.05) is 22.0 Å². The molecule has 0 bridgehead atoms. The normalized spacial score (nSPS) is 22.5. The number of aromatic nitrogens is 2. The number of aliphatic hydroxyl groups excluding tert-OH is 2. The summed E-state index contributed by atoms with van der Waals surface area (Å²) in [6.45, 7) is 2.45. The van der Waals surface area contributed by atoms with Gasteiger partial charge in [-0.25, -0.2) is 9.59 Å². The van der Waals surface area contributed by atoms with Gasteiger partial charge in [0.15, 0.2) is 12.0 Å². The first kappa shape index (κ1) is 32.2. The van der Waals surface area contributed by atoms with Crippen LogP contribution >= 0.6 is 8.17 Å². The van der Waals surface area contributed by atoms with Crippen molar-refractivity contribution in [3.05, 3.63) is 57.5 Å². The van der Waals surface area contributed by atoms with Crippen molar-refractivity contribution in [1.29, 1.82) is 0 Å². The highest BCUT2D eigenvalue weighted by atomic mass is 31.1. The van der Waals surface area contributed by atoms with Crippen molar-refractivity contribution in [2.24, 2.45) is 9.86 Å². The Kier molecular flexibility index (Phi) is 11.2. The molecule has 0 saturated carbocycles. The molecular formula is C23H28N7O11P. The fourth-order valence-corrected chi connectivity index (χ4v) is 4.52. The minimum absolute atomic E-state index is 0.0120. The van der Waals surface area contributed by atoms with Crippen LogP contribution in [0.4, 0.5) is 5.82 Å². The number of anilines is 1. The molecule has 2 heterocycles. The summed E-state index contributed by atoms with van der Waals surface area (Å²) in [5.41, 5.74) is 11.5. The zero-order chi connectivity index (χ0) is 30.9. The highest BCUT2D eigenvalue weighted by Crippen LogP contribution is 2.40. The molecule has 19 heteroatoms. The van der Waals surface area contributed by atoms with E-state index in [0.29, 0.717) is 0 Å². The molecule has 1 aromatic heterocycles. The van der Waals surface area contributed by atoms with Crippen LogP contribution in [0.5, 0.6) is 11.5 Å². The van der Waals surface area contributed by atoms with Gasteiger partial charge in [-0.15, -0.1) is 0 Å². The smallest absolute Gasteiger partial charge is 0.395 e. The van der Waals surface area contributed by atoms with Crippen LogP contribution in [0.1, 0.15) is 26.5 Å². The zero-order valence-electron chi connectivity index (χ0n) is 22.4. The molecule has 42 heavy (non-hydrogen) atoms. The van der Waals surface area contributed by atoms with E-state index in [1.165, 1.54) is 36.5 Å². The number of nitrogens with two attached hydrogens (primary N) is 1. The lowest BCUT2D eigenvalue weighted by Gasteiger charge is -2.26. The molecule has 4 N–H and O–H groups in total. The van der Waals surface area contributed by atoms with Gasteiger partial charge in [-0.2, -0.15) is 4.98 Å². The Labute approximate surface area is 238 Å². The Morgan fingerprint density at radius 3 is 2.60 bits per heavy atom. The van der Waals surface area contributed by atoms with Gasteiger partial charge < -0.3 is 39.8 Å². The van der Waals surface area contributed by atoms with Crippen molar-refractivity contribution in [1.82, 2.24) is 9.55 Å². The number of hydrogen-bond donors (Lipinski definition) is 3. The third-order valence-electron chi connectivity index (χ3n) is 5.66. The first-order chi connectivity index (χ1) is 20.0. The summed E-state index contributed by atoms with van der Waals surface area (Å²) < 4.78 is 31.0. The molecule has 0 aliphatic carbocycles. The summed E-state index contributed by atoms with van der Waals surface area (Å²) >= 11 is 0. The lowest BCUT2D eigenvalue weighted by atomic mass is 10.1. The fraction of sp³-hybridized carbons (Fsp3) is 0.478. The average molecular weight is 609 g/mol. The predicted molar refractivity (Wildman–Crippen MR) is 141 cm³/mol. The molecule has 2 aromatic rings. The van der Waals surface area contributed by atoms with E-state index in [0.717, 1.165) is 4.57 Å². The Hall–Kier alpha value is -4.31. The highest BCUT2D eigenvalue weighted by molar-refractivity contribution is 7.34. The van der Waals surface area contributed by atoms with Crippen LogP contribution in [0.25, 0.3) is 10.4 Å². The van der Waals surface area contributed by atoms with Crippen molar-refractivity contribution in [2.75, 3.05) is 25.6 Å². The van der Waals surface area contributed by atoms with Gasteiger partial charge in [-0.3, -0.25) is 13.9 Å². The van der Waals surface area contributed by atoms with E-state index >= 15 is 0 Å². The van der Waals surface area contributed by atoms with E-state index in [-0.39, 0.29) is 30.5 Å². The number of hydrogen-bond acceptors (Lipinski definition) is 15. The van der Waals surface area contributed by atoms with E-state index in [2.05, 4.69) is 19.8 Å². The Morgan fingerprint density at radius 1 is 1.26 bits per heavy atom. The summed E-state index contributed by atoms with van der Waals surface area (Å²) in [5, 5.41) is 24.9. The van der Waals surface area contributed by atoms with Crippen molar-refractivity contribution in [2.45, 2.75) is 50.5 Å². The van der Waals surface area contributed by atoms with Crippen LogP contribution in [-0.2, 0) is 23.8 Å². The molecule has 1 unspecified atom stereocenters. The third kappa shape index (κ3) is 7.70. The van der Waals surface area contributed by atoms with Gasteiger partial charge in [0.1, 0.15) is 24.6 Å². The lowest BCUT2D eigenvalue weighted by molar-refractivity contribution is -0.170. The average Bonchev–Trinajstić information content (AvgIpc) is 3.18. The fourth-order valence-electron chi connectivity index (χ4n) is 3.75. The summed E-state index contributed by atoms with van der Waals surface area (Å²) in [4.78, 5) is 55.4. The molecule has 0 radical (unpaired) electrons. The van der Waals surface area contributed by atoms with Gasteiger partial charge in [0, 0.05) is 11.1 Å². The quantitative estimate of drug-likeness (QED) is 0.0906. The van der Waals surface area contributed by atoms with Crippen molar-refractivity contribution in [3.8, 4) is 11.5 Å². The minimum atomic E-state index is -2.97. The van der Waals surface area contributed by atoms with E-state index in [1.807, 2.05) is 0 Å². The molecule has 0 amide bonds. The van der Waals surface area contributed by atoms with E-state index < -0.39 is 69.0 Å². The van der Waals surface area contributed by atoms with Gasteiger partial charge in [-0.05, 0) is 37.6 Å². The zero-order valence-corrected chi connectivity index (χ0v) is 23.3. The molecule has 1 saturated heterocycles. The third-order valence-corrected chi connectivity index (χ3v) is 6.48. The number of benzene rings is 1. The Balaban J connectivity index is 1.83. The number of carbonyl (C=O) groups is 2.